The number of hydrogen-bond acceptors (Lipinski definition) is 4. The zero-order valence-corrected chi connectivity index (χ0v) is 15.2. The van der Waals surface area contributed by atoms with Crippen molar-refractivity contribution in [3.63, 3.8) is 0 Å². The Bertz CT molecular complexity index is 940. The lowest BCUT2D eigenvalue weighted by Gasteiger charge is -2.19. The molecule has 0 fully saturated rings. The Morgan fingerprint density at radius 2 is 1.83 bits per heavy atom. The fraction of sp³-hybridized carbons (Fsp3) is 0.200. The molecule has 0 aliphatic carbocycles. The molecule has 2 aromatic carbocycles. The molecule has 0 saturated carbocycles. The number of alkyl halides is 3. The van der Waals surface area contributed by atoms with Crippen LogP contribution in [-0.4, -0.2) is 25.0 Å². The quantitative estimate of drug-likeness (QED) is 0.795. The van der Waals surface area contributed by atoms with Gasteiger partial charge < -0.3 is 20.1 Å². The van der Waals surface area contributed by atoms with Gasteiger partial charge in [0.1, 0.15) is 17.2 Å². The number of nitrogens with one attached hydrogen (secondary N) is 2. The SMILES string of the molecule is COc1ccc(Oc2ccc(C(F)(F)F)cc2C(=O)NC2C=CNC(=O)C2)cc1. The summed E-state index contributed by atoms with van der Waals surface area (Å²) in [6.45, 7) is 0. The number of hydrogen-bond donors (Lipinski definition) is 2. The van der Waals surface area contributed by atoms with Crippen molar-refractivity contribution in [1.29, 1.82) is 0 Å². The number of rotatable bonds is 5. The highest BCUT2D eigenvalue weighted by atomic mass is 19.4. The molecular formula is C20H17F3N2O4. The molecule has 152 valence electrons. The molecular weight excluding hydrogens is 389 g/mol. The molecule has 9 heteroatoms. The first-order chi connectivity index (χ1) is 13.8. The van der Waals surface area contributed by atoms with Gasteiger partial charge in [0, 0.05) is 6.20 Å². The van der Waals surface area contributed by atoms with Gasteiger partial charge >= 0.3 is 6.18 Å². The third kappa shape index (κ3) is 5.07. The van der Waals surface area contributed by atoms with E-state index in [1.54, 1.807) is 24.3 Å². The van der Waals surface area contributed by atoms with Crippen molar-refractivity contribution in [2.24, 2.45) is 0 Å². The van der Waals surface area contributed by atoms with Crippen LogP contribution >= 0.6 is 0 Å². The van der Waals surface area contributed by atoms with E-state index < -0.39 is 23.7 Å². The normalized spacial score (nSPS) is 16.1. The molecule has 2 aromatic rings. The Hall–Kier alpha value is -3.49. The van der Waals surface area contributed by atoms with E-state index in [1.165, 1.54) is 19.4 Å². The largest absolute Gasteiger partial charge is 0.497 e. The Balaban J connectivity index is 1.90. The standard InChI is InChI=1S/C20H17F3N2O4/c1-28-14-3-5-15(6-4-14)29-17-7-2-12(20(21,22)23)10-16(17)19(27)25-13-8-9-24-18(26)11-13/h2-10,13H,11H2,1H3,(H,24,26)(H,25,27). The number of carbonyl (C=O) groups is 2. The van der Waals surface area contributed by atoms with Gasteiger partial charge in [0.2, 0.25) is 5.91 Å². The summed E-state index contributed by atoms with van der Waals surface area (Å²) in [6.07, 6.45) is -1.73. The topological polar surface area (TPSA) is 76.7 Å². The van der Waals surface area contributed by atoms with Gasteiger partial charge in [-0.15, -0.1) is 0 Å². The molecule has 6 nitrogen and oxygen atoms in total. The number of amides is 2. The van der Waals surface area contributed by atoms with Crippen molar-refractivity contribution in [2.75, 3.05) is 7.11 Å². The fourth-order valence-electron chi connectivity index (χ4n) is 2.67. The highest BCUT2D eigenvalue weighted by molar-refractivity contribution is 5.98. The molecule has 1 unspecified atom stereocenters. The van der Waals surface area contributed by atoms with Gasteiger partial charge in [0.05, 0.1) is 30.7 Å². The molecule has 2 amide bonds. The third-order valence-electron chi connectivity index (χ3n) is 4.13. The zero-order chi connectivity index (χ0) is 21.0. The number of methoxy groups -OCH3 is 1. The predicted molar refractivity (Wildman–Crippen MR) is 97.7 cm³/mol. The number of carbonyl (C=O) groups excluding carboxylic acids is 2. The summed E-state index contributed by atoms with van der Waals surface area (Å²) in [6, 6.07) is 8.36. The van der Waals surface area contributed by atoms with Gasteiger partial charge in [-0.3, -0.25) is 9.59 Å². The Morgan fingerprint density at radius 1 is 1.14 bits per heavy atom. The summed E-state index contributed by atoms with van der Waals surface area (Å²) in [5.74, 6) is -0.257. The molecule has 0 spiro atoms. The predicted octanol–water partition coefficient (Wildman–Crippen LogP) is 3.64. The van der Waals surface area contributed by atoms with E-state index >= 15 is 0 Å². The first-order valence-electron chi connectivity index (χ1n) is 8.56. The molecule has 3 rings (SSSR count). The van der Waals surface area contributed by atoms with Crippen LogP contribution in [0.1, 0.15) is 22.3 Å². The molecule has 2 N–H and O–H groups in total. The van der Waals surface area contributed by atoms with Crippen LogP contribution in [0.4, 0.5) is 13.2 Å². The van der Waals surface area contributed by atoms with Crippen molar-refractivity contribution >= 4 is 11.8 Å². The van der Waals surface area contributed by atoms with Gasteiger partial charge in [0.15, 0.2) is 0 Å². The monoisotopic (exact) mass is 406 g/mol. The lowest BCUT2D eigenvalue weighted by molar-refractivity contribution is -0.137. The minimum atomic E-state index is -4.63. The summed E-state index contributed by atoms with van der Waals surface area (Å²) in [4.78, 5) is 24.1. The van der Waals surface area contributed by atoms with Gasteiger partial charge in [-0.25, -0.2) is 0 Å². The van der Waals surface area contributed by atoms with Crippen LogP contribution in [0.2, 0.25) is 0 Å². The van der Waals surface area contributed by atoms with Gasteiger partial charge in [-0.2, -0.15) is 13.2 Å². The molecule has 1 aliphatic rings. The van der Waals surface area contributed by atoms with Crippen LogP contribution in [-0.2, 0) is 11.0 Å². The number of ether oxygens (including phenoxy) is 2. The molecule has 1 atom stereocenters. The summed E-state index contributed by atoms with van der Waals surface area (Å²) in [5.41, 5.74) is -1.28. The first kappa shape index (κ1) is 20.2. The van der Waals surface area contributed by atoms with E-state index in [1.807, 2.05) is 0 Å². The van der Waals surface area contributed by atoms with Crippen LogP contribution in [0.5, 0.6) is 17.2 Å². The van der Waals surface area contributed by atoms with Crippen LogP contribution in [0.15, 0.2) is 54.7 Å². The van der Waals surface area contributed by atoms with Gasteiger partial charge in [-0.1, -0.05) is 0 Å². The summed E-state index contributed by atoms with van der Waals surface area (Å²) in [7, 11) is 1.49. The van der Waals surface area contributed by atoms with E-state index in [2.05, 4.69) is 10.6 Å². The molecule has 1 aliphatic heterocycles. The zero-order valence-electron chi connectivity index (χ0n) is 15.2. The van der Waals surface area contributed by atoms with Crippen molar-refractivity contribution in [3.05, 3.63) is 65.9 Å². The van der Waals surface area contributed by atoms with E-state index in [-0.39, 0.29) is 23.6 Å². The molecule has 0 bridgehead atoms. The average Bonchev–Trinajstić information content (AvgIpc) is 2.68. The van der Waals surface area contributed by atoms with Gasteiger partial charge in [-0.05, 0) is 48.5 Å². The average molecular weight is 406 g/mol. The summed E-state index contributed by atoms with van der Waals surface area (Å²) < 4.78 is 50.1. The fourth-order valence-corrected chi connectivity index (χ4v) is 2.67. The van der Waals surface area contributed by atoms with Crippen molar-refractivity contribution in [2.45, 2.75) is 18.6 Å². The van der Waals surface area contributed by atoms with E-state index in [4.69, 9.17) is 9.47 Å². The Kier molecular flexibility index (Phi) is 5.76. The second kappa shape index (κ2) is 8.26. The maximum absolute atomic E-state index is 13.1. The summed E-state index contributed by atoms with van der Waals surface area (Å²) >= 11 is 0. The minimum absolute atomic E-state index is 0.0180. The maximum atomic E-state index is 13.1. The smallest absolute Gasteiger partial charge is 0.416 e. The highest BCUT2D eigenvalue weighted by Gasteiger charge is 2.32. The Labute approximate surface area is 164 Å². The second-order valence-electron chi connectivity index (χ2n) is 6.20. The summed E-state index contributed by atoms with van der Waals surface area (Å²) in [5, 5.41) is 4.99. The van der Waals surface area contributed by atoms with E-state index in [0.717, 1.165) is 18.2 Å². The van der Waals surface area contributed by atoms with Crippen molar-refractivity contribution in [3.8, 4) is 17.2 Å². The molecule has 1 heterocycles. The number of halogens is 3. The molecule has 0 radical (unpaired) electrons. The maximum Gasteiger partial charge on any atom is 0.416 e. The minimum Gasteiger partial charge on any atom is -0.497 e. The number of benzene rings is 2. The van der Waals surface area contributed by atoms with Crippen LogP contribution in [0, 0.1) is 0 Å². The van der Waals surface area contributed by atoms with Gasteiger partial charge in [0.25, 0.3) is 5.91 Å². The van der Waals surface area contributed by atoms with Crippen LogP contribution < -0.4 is 20.1 Å². The lowest BCUT2D eigenvalue weighted by Crippen LogP contribution is -2.40. The van der Waals surface area contributed by atoms with Crippen LogP contribution in [0.25, 0.3) is 0 Å². The second-order valence-corrected chi connectivity index (χ2v) is 6.20. The molecule has 0 saturated heterocycles. The Morgan fingerprint density at radius 3 is 2.45 bits per heavy atom. The molecule has 0 aromatic heterocycles. The van der Waals surface area contributed by atoms with Crippen LogP contribution in [0.3, 0.4) is 0 Å². The van der Waals surface area contributed by atoms with E-state index in [0.29, 0.717) is 11.5 Å². The third-order valence-corrected chi connectivity index (χ3v) is 4.13. The first-order valence-corrected chi connectivity index (χ1v) is 8.56. The van der Waals surface area contributed by atoms with E-state index in [9.17, 15) is 22.8 Å². The van der Waals surface area contributed by atoms with Crippen molar-refractivity contribution in [1.82, 2.24) is 10.6 Å². The lowest BCUT2D eigenvalue weighted by atomic mass is 10.1. The molecule has 29 heavy (non-hydrogen) atoms. The van der Waals surface area contributed by atoms with Crippen molar-refractivity contribution < 1.29 is 32.2 Å². The highest BCUT2D eigenvalue weighted by Crippen LogP contribution is 2.34.